The van der Waals surface area contributed by atoms with Crippen LogP contribution in [0.15, 0.2) is 35.2 Å². The lowest BCUT2D eigenvalue weighted by molar-refractivity contribution is -0.140. The molecule has 0 aliphatic rings. The maximum absolute atomic E-state index is 13.9. The molecule has 1 N–H and O–H groups in total. The van der Waals surface area contributed by atoms with E-state index in [1.54, 1.807) is 6.92 Å². The lowest BCUT2D eigenvalue weighted by Gasteiger charge is -2.13. The van der Waals surface area contributed by atoms with Crippen molar-refractivity contribution in [3.8, 4) is 0 Å². The first-order chi connectivity index (χ1) is 11.4. The third kappa shape index (κ3) is 4.44. The van der Waals surface area contributed by atoms with Crippen molar-refractivity contribution in [3.05, 3.63) is 62.9 Å². The van der Waals surface area contributed by atoms with Crippen molar-refractivity contribution < 1.29 is 26.0 Å². The lowest BCUT2D eigenvalue weighted by atomic mass is 10.1. The second kappa shape index (κ2) is 7.11. The van der Waals surface area contributed by atoms with Crippen molar-refractivity contribution in [2.45, 2.75) is 24.5 Å². The van der Waals surface area contributed by atoms with Crippen LogP contribution < -0.4 is 4.72 Å². The molecule has 25 heavy (non-hydrogen) atoms. The summed E-state index contributed by atoms with van der Waals surface area (Å²) < 4.78 is 78.7. The number of rotatable bonds is 4. The molecule has 136 valence electrons. The number of hydrogen-bond acceptors (Lipinski definition) is 2. The van der Waals surface area contributed by atoms with Gasteiger partial charge in [-0.05, 0) is 30.7 Å². The van der Waals surface area contributed by atoms with Gasteiger partial charge in [0, 0.05) is 17.1 Å². The summed E-state index contributed by atoms with van der Waals surface area (Å²) in [6.45, 7) is 0.889. The summed E-state index contributed by atoms with van der Waals surface area (Å²) in [5.74, 6) is -1.53. The van der Waals surface area contributed by atoms with E-state index in [0.717, 1.165) is 12.1 Å². The molecule has 0 saturated carbocycles. The first kappa shape index (κ1) is 20.0. The normalized spacial score (nSPS) is 12.4. The Balaban J connectivity index is 2.31. The Kier molecular flexibility index (Phi) is 5.68. The number of alkyl halides is 3. The zero-order valence-corrected chi connectivity index (χ0v) is 14.9. The smallest absolute Gasteiger partial charge is 0.207 e. The van der Waals surface area contributed by atoms with E-state index in [0.29, 0.717) is 11.6 Å². The second-order valence-corrected chi connectivity index (χ2v) is 7.68. The predicted octanol–water partition coefficient (Wildman–Crippen LogP) is 4.94. The summed E-state index contributed by atoms with van der Waals surface area (Å²) in [6, 6.07) is 5.08. The van der Waals surface area contributed by atoms with Gasteiger partial charge in [0.05, 0.1) is 10.6 Å². The molecule has 0 aliphatic carbocycles. The minimum Gasteiger partial charge on any atom is -0.207 e. The molecule has 0 fully saturated rings. The highest BCUT2D eigenvalue weighted by molar-refractivity contribution is 7.89. The van der Waals surface area contributed by atoms with E-state index in [1.165, 1.54) is 12.1 Å². The fourth-order valence-electron chi connectivity index (χ4n) is 2.02. The topological polar surface area (TPSA) is 46.2 Å². The Morgan fingerprint density at radius 2 is 1.76 bits per heavy atom. The van der Waals surface area contributed by atoms with Crippen molar-refractivity contribution in [1.29, 1.82) is 0 Å². The van der Waals surface area contributed by atoms with Crippen LogP contribution >= 0.6 is 23.2 Å². The van der Waals surface area contributed by atoms with Crippen molar-refractivity contribution in [3.63, 3.8) is 0 Å². The van der Waals surface area contributed by atoms with Crippen molar-refractivity contribution in [1.82, 2.24) is 4.72 Å². The van der Waals surface area contributed by atoms with E-state index in [9.17, 15) is 26.0 Å². The number of hydrogen-bond donors (Lipinski definition) is 1. The van der Waals surface area contributed by atoms with Gasteiger partial charge in [0.2, 0.25) is 10.0 Å². The molecule has 0 atom stereocenters. The summed E-state index contributed by atoms with van der Waals surface area (Å²) >= 11 is 11.7. The summed E-state index contributed by atoms with van der Waals surface area (Å²) in [5, 5.41) is 0.0977. The van der Waals surface area contributed by atoms with Gasteiger partial charge in [-0.1, -0.05) is 35.3 Å². The average Bonchev–Trinajstić information content (AvgIpc) is 2.48. The highest BCUT2D eigenvalue weighted by atomic mass is 35.5. The molecule has 2 aromatic rings. The van der Waals surface area contributed by atoms with E-state index in [1.807, 2.05) is 4.72 Å². The summed E-state index contributed by atoms with van der Waals surface area (Å²) in [4.78, 5) is -0.302. The van der Waals surface area contributed by atoms with Crippen molar-refractivity contribution >= 4 is 33.2 Å². The average molecular weight is 416 g/mol. The van der Waals surface area contributed by atoms with Gasteiger partial charge in [0.25, 0.3) is 0 Å². The first-order valence-electron chi connectivity index (χ1n) is 6.73. The fraction of sp³-hybridized carbons (Fsp3) is 0.200. The van der Waals surface area contributed by atoms with Crippen molar-refractivity contribution in [2.24, 2.45) is 0 Å². The molecule has 0 spiro atoms. The molecule has 0 bridgehead atoms. The Morgan fingerprint density at radius 3 is 2.36 bits per heavy atom. The highest BCUT2D eigenvalue weighted by Gasteiger charge is 2.34. The molecular formula is C15H11Cl2F4NO2S. The zero-order chi connectivity index (χ0) is 19.0. The first-order valence-corrected chi connectivity index (χ1v) is 8.97. The third-order valence-corrected chi connectivity index (χ3v) is 5.61. The van der Waals surface area contributed by atoms with Crippen LogP contribution in [0.2, 0.25) is 10.0 Å². The zero-order valence-electron chi connectivity index (χ0n) is 12.6. The van der Waals surface area contributed by atoms with Crippen LogP contribution in [0.1, 0.15) is 16.7 Å². The van der Waals surface area contributed by atoms with E-state index < -0.39 is 39.7 Å². The molecule has 0 aromatic heterocycles. The van der Waals surface area contributed by atoms with Crippen LogP contribution in [0.25, 0.3) is 0 Å². The predicted molar refractivity (Wildman–Crippen MR) is 86.6 cm³/mol. The van der Waals surface area contributed by atoms with E-state index in [2.05, 4.69) is 0 Å². The van der Waals surface area contributed by atoms with Crippen LogP contribution in [-0.2, 0) is 22.7 Å². The van der Waals surface area contributed by atoms with Crippen LogP contribution in [-0.4, -0.2) is 8.42 Å². The Bertz CT molecular complexity index is 914. The second-order valence-electron chi connectivity index (χ2n) is 5.13. The number of benzene rings is 2. The highest BCUT2D eigenvalue weighted by Crippen LogP contribution is 2.33. The van der Waals surface area contributed by atoms with E-state index >= 15 is 0 Å². The SMILES string of the molecule is Cc1cc(S(=O)(=O)NCc2cccc(C(F)(F)F)c2F)c(Cl)cc1Cl. The molecule has 0 amide bonds. The molecule has 0 radical (unpaired) electrons. The van der Waals surface area contributed by atoms with Gasteiger partial charge < -0.3 is 0 Å². The minimum absolute atomic E-state index is 0.160. The van der Waals surface area contributed by atoms with E-state index in [-0.39, 0.29) is 14.9 Å². The third-order valence-electron chi connectivity index (χ3n) is 3.34. The van der Waals surface area contributed by atoms with E-state index in [4.69, 9.17) is 23.2 Å². The lowest BCUT2D eigenvalue weighted by Crippen LogP contribution is -2.24. The molecule has 10 heteroatoms. The largest absolute Gasteiger partial charge is 0.419 e. The summed E-state index contributed by atoms with van der Waals surface area (Å²) in [5.41, 5.74) is -1.47. The molecule has 0 heterocycles. The Hall–Kier alpha value is -1.35. The standard InChI is InChI=1S/C15H11Cl2F4NO2S/c1-8-5-13(12(17)6-11(8)16)25(23,24)22-7-9-3-2-4-10(14(9)18)15(19,20)21/h2-6,22H,7H2,1H3. The number of nitrogens with one attached hydrogen (secondary N) is 1. The van der Waals surface area contributed by atoms with Crippen LogP contribution in [0.4, 0.5) is 17.6 Å². The Labute approximate surface area is 151 Å². The van der Waals surface area contributed by atoms with Crippen LogP contribution in [0.3, 0.4) is 0 Å². The number of aryl methyl sites for hydroxylation is 1. The molecule has 0 unspecified atom stereocenters. The van der Waals surface area contributed by atoms with Crippen LogP contribution in [0.5, 0.6) is 0 Å². The summed E-state index contributed by atoms with van der Waals surface area (Å²) in [7, 11) is -4.18. The van der Waals surface area contributed by atoms with Crippen molar-refractivity contribution in [2.75, 3.05) is 0 Å². The minimum atomic E-state index is -4.88. The monoisotopic (exact) mass is 415 g/mol. The quantitative estimate of drug-likeness (QED) is 0.718. The molecule has 0 aliphatic heterocycles. The van der Waals surface area contributed by atoms with Gasteiger partial charge in [-0.25, -0.2) is 17.5 Å². The van der Waals surface area contributed by atoms with Gasteiger partial charge in [0.15, 0.2) is 0 Å². The van der Waals surface area contributed by atoms with Gasteiger partial charge >= 0.3 is 6.18 Å². The van der Waals surface area contributed by atoms with Gasteiger partial charge in [-0.2, -0.15) is 13.2 Å². The van der Waals surface area contributed by atoms with Crippen LogP contribution in [0, 0.1) is 12.7 Å². The maximum atomic E-state index is 13.9. The number of sulfonamides is 1. The number of halogens is 6. The van der Waals surface area contributed by atoms with Gasteiger partial charge in [0.1, 0.15) is 10.7 Å². The maximum Gasteiger partial charge on any atom is 0.419 e. The molecule has 0 saturated heterocycles. The molecule has 2 rings (SSSR count). The molecule has 3 nitrogen and oxygen atoms in total. The molecule has 2 aromatic carbocycles. The van der Waals surface area contributed by atoms with Gasteiger partial charge in [-0.3, -0.25) is 0 Å². The summed E-state index contributed by atoms with van der Waals surface area (Å²) in [6.07, 6.45) is -4.88. The fourth-order valence-corrected chi connectivity index (χ4v) is 3.86. The molecular weight excluding hydrogens is 405 g/mol. The Morgan fingerprint density at radius 1 is 1.12 bits per heavy atom. The van der Waals surface area contributed by atoms with Gasteiger partial charge in [-0.15, -0.1) is 0 Å².